The van der Waals surface area contributed by atoms with E-state index in [1.807, 2.05) is 12.2 Å². The lowest BCUT2D eigenvalue weighted by Gasteiger charge is -2.21. The molecule has 2 rings (SSSR count). The van der Waals surface area contributed by atoms with Crippen molar-refractivity contribution in [2.24, 2.45) is 5.92 Å². The van der Waals surface area contributed by atoms with Crippen molar-refractivity contribution in [3.8, 4) is 11.8 Å². The Hall–Kier alpha value is -1.88. The Morgan fingerprint density at radius 3 is 3.24 bits per heavy atom. The van der Waals surface area contributed by atoms with Gasteiger partial charge in [0.05, 0.1) is 7.11 Å². The van der Waals surface area contributed by atoms with Crippen LogP contribution in [0.3, 0.4) is 0 Å². The molecule has 0 bridgehead atoms. The molecule has 17 heavy (non-hydrogen) atoms. The van der Waals surface area contributed by atoms with Crippen LogP contribution in [0.15, 0.2) is 48.0 Å². The van der Waals surface area contributed by atoms with Gasteiger partial charge in [-0.15, -0.1) is 0 Å². The van der Waals surface area contributed by atoms with Crippen LogP contribution in [-0.4, -0.2) is 13.7 Å². The highest BCUT2D eigenvalue weighted by molar-refractivity contribution is 5.40. The minimum Gasteiger partial charge on any atom is -0.498 e. The molecule has 0 aromatic carbocycles. The predicted octanol–water partition coefficient (Wildman–Crippen LogP) is 2.96. The van der Waals surface area contributed by atoms with Crippen molar-refractivity contribution in [1.82, 2.24) is 0 Å². The van der Waals surface area contributed by atoms with Crippen LogP contribution in [0.25, 0.3) is 0 Å². The molecule has 0 aliphatic heterocycles. The summed E-state index contributed by atoms with van der Waals surface area (Å²) in [7, 11) is 1.60. The van der Waals surface area contributed by atoms with Crippen LogP contribution in [-0.2, 0) is 9.47 Å². The molecule has 0 spiro atoms. The van der Waals surface area contributed by atoms with Gasteiger partial charge < -0.3 is 9.47 Å². The van der Waals surface area contributed by atoms with Gasteiger partial charge in [-0.2, -0.15) is 0 Å². The first-order valence-electron chi connectivity index (χ1n) is 5.71. The third kappa shape index (κ3) is 2.82. The Labute approximate surface area is 102 Å². The Kier molecular flexibility index (Phi) is 3.72. The molecule has 0 saturated carbocycles. The number of ether oxygens (including phenoxy) is 2. The molecule has 2 nitrogen and oxygen atoms in total. The Balaban J connectivity index is 2.13. The van der Waals surface area contributed by atoms with Gasteiger partial charge >= 0.3 is 0 Å². The second-order valence-electron chi connectivity index (χ2n) is 4.04. The third-order valence-electron chi connectivity index (χ3n) is 2.89. The molecule has 88 valence electrons. The van der Waals surface area contributed by atoms with Crippen molar-refractivity contribution < 1.29 is 9.47 Å². The van der Waals surface area contributed by atoms with Gasteiger partial charge in [-0.3, -0.25) is 0 Å². The van der Waals surface area contributed by atoms with Gasteiger partial charge in [0.2, 0.25) is 0 Å². The van der Waals surface area contributed by atoms with Gasteiger partial charge in [-0.1, -0.05) is 24.5 Å². The molecule has 0 aromatic heterocycles. The SMILES string of the molecule is C=C(COC1=C2C=CC#CCC2CC=C1)OC. The minimum absolute atomic E-state index is 0.390. The molecule has 1 atom stereocenters. The van der Waals surface area contributed by atoms with E-state index in [9.17, 15) is 0 Å². The molecular formula is C15H16O2. The highest BCUT2D eigenvalue weighted by atomic mass is 16.5. The average Bonchev–Trinajstić information content (AvgIpc) is 2.61. The lowest BCUT2D eigenvalue weighted by molar-refractivity contribution is 0.173. The van der Waals surface area contributed by atoms with Crippen molar-refractivity contribution in [1.29, 1.82) is 0 Å². The zero-order chi connectivity index (χ0) is 12.1. The van der Waals surface area contributed by atoms with Crippen LogP contribution >= 0.6 is 0 Å². The number of fused-ring (bicyclic) bond motifs is 1. The van der Waals surface area contributed by atoms with Crippen LogP contribution in [0.4, 0.5) is 0 Å². The van der Waals surface area contributed by atoms with Crippen molar-refractivity contribution >= 4 is 0 Å². The molecule has 0 heterocycles. The fourth-order valence-electron chi connectivity index (χ4n) is 1.90. The van der Waals surface area contributed by atoms with Crippen molar-refractivity contribution in [3.05, 3.63) is 48.0 Å². The fourth-order valence-corrected chi connectivity index (χ4v) is 1.90. The quantitative estimate of drug-likeness (QED) is 0.544. The molecular weight excluding hydrogens is 212 g/mol. The van der Waals surface area contributed by atoms with Crippen LogP contribution in [0.2, 0.25) is 0 Å². The molecule has 0 amide bonds. The molecule has 0 radical (unpaired) electrons. The van der Waals surface area contributed by atoms with E-state index in [0.29, 0.717) is 18.3 Å². The lowest BCUT2D eigenvalue weighted by atomic mass is 9.88. The summed E-state index contributed by atoms with van der Waals surface area (Å²) in [6.07, 6.45) is 10.0. The van der Waals surface area contributed by atoms with Crippen LogP contribution in [0, 0.1) is 17.8 Å². The monoisotopic (exact) mass is 228 g/mol. The van der Waals surface area contributed by atoms with Crippen LogP contribution in [0.5, 0.6) is 0 Å². The van der Waals surface area contributed by atoms with Crippen molar-refractivity contribution in [2.45, 2.75) is 12.8 Å². The molecule has 0 N–H and O–H groups in total. The lowest BCUT2D eigenvalue weighted by Crippen LogP contribution is -2.10. The number of methoxy groups -OCH3 is 1. The second-order valence-corrected chi connectivity index (χ2v) is 4.04. The highest BCUT2D eigenvalue weighted by Crippen LogP contribution is 2.30. The van der Waals surface area contributed by atoms with Gasteiger partial charge in [-0.25, -0.2) is 0 Å². The summed E-state index contributed by atoms with van der Waals surface area (Å²) in [5.74, 6) is 8.14. The largest absolute Gasteiger partial charge is 0.498 e. The summed E-state index contributed by atoms with van der Waals surface area (Å²) in [5.41, 5.74) is 1.22. The van der Waals surface area contributed by atoms with E-state index in [2.05, 4.69) is 30.6 Å². The Morgan fingerprint density at radius 1 is 1.53 bits per heavy atom. The smallest absolute Gasteiger partial charge is 0.145 e. The summed E-state index contributed by atoms with van der Waals surface area (Å²) in [5, 5.41) is 0. The van der Waals surface area contributed by atoms with Gasteiger partial charge in [0.25, 0.3) is 0 Å². The summed E-state index contributed by atoms with van der Waals surface area (Å²) >= 11 is 0. The van der Waals surface area contributed by atoms with E-state index in [1.165, 1.54) is 5.57 Å². The number of hydrogen-bond donors (Lipinski definition) is 0. The fraction of sp³-hybridized carbons (Fsp3) is 0.333. The van der Waals surface area contributed by atoms with E-state index in [4.69, 9.17) is 9.47 Å². The Bertz CT molecular complexity index is 455. The number of rotatable bonds is 4. The second kappa shape index (κ2) is 5.45. The summed E-state index contributed by atoms with van der Waals surface area (Å²) in [6, 6.07) is 0. The zero-order valence-electron chi connectivity index (χ0n) is 10.0. The highest BCUT2D eigenvalue weighted by Gasteiger charge is 2.19. The third-order valence-corrected chi connectivity index (χ3v) is 2.89. The normalized spacial score (nSPS) is 21.1. The molecule has 0 aromatic rings. The molecule has 0 saturated heterocycles. The number of allylic oxidation sites excluding steroid dienone is 5. The molecule has 2 heteroatoms. The van der Waals surface area contributed by atoms with Crippen LogP contribution < -0.4 is 0 Å². The maximum Gasteiger partial charge on any atom is 0.145 e. The van der Waals surface area contributed by atoms with Crippen LogP contribution in [0.1, 0.15) is 12.8 Å². The van der Waals surface area contributed by atoms with E-state index in [1.54, 1.807) is 7.11 Å². The average molecular weight is 228 g/mol. The first-order chi connectivity index (χ1) is 8.31. The first kappa shape index (κ1) is 11.6. The summed E-state index contributed by atoms with van der Waals surface area (Å²) in [6.45, 7) is 4.13. The predicted molar refractivity (Wildman–Crippen MR) is 67.9 cm³/mol. The van der Waals surface area contributed by atoms with Gasteiger partial charge in [0.1, 0.15) is 18.1 Å². The first-order valence-corrected chi connectivity index (χ1v) is 5.71. The number of hydrogen-bond acceptors (Lipinski definition) is 2. The maximum absolute atomic E-state index is 5.72. The Morgan fingerprint density at radius 2 is 2.41 bits per heavy atom. The van der Waals surface area contributed by atoms with E-state index in [0.717, 1.165) is 18.6 Å². The molecule has 2 aliphatic rings. The van der Waals surface area contributed by atoms with Gasteiger partial charge in [-0.05, 0) is 30.2 Å². The topological polar surface area (TPSA) is 18.5 Å². The van der Waals surface area contributed by atoms with E-state index in [-0.39, 0.29) is 0 Å². The standard InChI is InChI=1S/C15H16O2/c1-12(16-2)11-17-15-10-6-8-13-7-4-3-5-9-14(13)15/h5-6,9-10,13H,1,7-8,11H2,2H3. The van der Waals surface area contributed by atoms with Crippen molar-refractivity contribution in [3.63, 3.8) is 0 Å². The van der Waals surface area contributed by atoms with Gasteiger partial charge in [0.15, 0.2) is 0 Å². The summed E-state index contributed by atoms with van der Waals surface area (Å²) in [4.78, 5) is 0. The zero-order valence-corrected chi connectivity index (χ0v) is 10.0. The molecule has 1 unspecified atom stereocenters. The van der Waals surface area contributed by atoms with E-state index >= 15 is 0 Å². The molecule has 2 aliphatic carbocycles. The van der Waals surface area contributed by atoms with E-state index < -0.39 is 0 Å². The van der Waals surface area contributed by atoms with Crippen molar-refractivity contribution in [2.75, 3.05) is 13.7 Å². The molecule has 0 fully saturated rings. The maximum atomic E-state index is 5.72. The summed E-state index contributed by atoms with van der Waals surface area (Å²) < 4.78 is 10.7. The van der Waals surface area contributed by atoms with Gasteiger partial charge in [0, 0.05) is 12.3 Å². The minimum atomic E-state index is 0.390.